The van der Waals surface area contributed by atoms with Crippen LogP contribution in [0.5, 0.6) is 0 Å². The topological polar surface area (TPSA) is 98.1 Å². The Kier molecular flexibility index (Phi) is 3.86. The normalized spacial score (nSPS) is 10.2. The van der Waals surface area contributed by atoms with Crippen LogP contribution in [0, 0.1) is 0 Å². The fraction of sp³-hybridized carbons (Fsp3) is 0.0833. The van der Waals surface area contributed by atoms with E-state index in [0.717, 1.165) is 0 Å². The lowest BCUT2D eigenvalue weighted by Gasteiger charge is -2.06. The molecule has 0 radical (unpaired) electrons. The monoisotopic (exact) mass is 277 g/mol. The molecule has 0 spiro atoms. The Morgan fingerprint density at radius 2 is 2.21 bits per heavy atom. The summed E-state index contributed by atoms with van der Waals surface area (Å²) in [5.41, 5.74) is 6.45. The van der Waals surface area contributed by atoms with Gasteiger partial charge in [0.1, 0.15) is 0 Å². The van der Waals surface area contributed by atoms with E-state index in [1.54, 1.807) is 18.2 Å². The lowest BCUT2D eigenvalue weighted by Crippen LogP contribution is -2.06. The van der Waals surface area contributed by atoms with Crippen molar-refractivity contribution in [2.45, 2.75) is 10.1 Å². The van der Waals surface area contributed by atoms with Gasteiger partial charge in [-0.2, -0.15) is 0 Å². The number of carbonyl (C=O) groups is 1. The van der Waals surface area contributed by atoms with Crippen molar-refractivity contribution < 1.29 is 9.53 Å². The summed E-state index contributed by atoms with van der Waals surface area (Å²) < 4.78 is 4.64. The van der Waals surface area contributed by atoms with Gasteiger partial charge in [-0.25, -0.2) is 9.78 Å². The van der Waals surface area contributed by atoms with E-state index in [4.69, 9.17) is 5.73 Å². The molecule has 19 heavy (non-hydrogen) atoms. The largest absolute Gasteiger partial charge is 0.465 e. The van der Waals surface area contributed by atoms with Crippen LogP contribution in [0.1, 0.15) is 10.4 Å². The maximum absolute atomic E-state index is 11.4. The number of nitrogens with zero attached hydrogens (tertiary/aromatic N) is 1. The van der Waals surface area contributed by atoms with Crippen molar-refractivity contribution in [3.8, 4) is 0 Å². The summed E-state index contributed by atoms with van der Waals surface area (Å²) in [5, 5.41) is 0.404. The number of nitrogen functional groups attached to an aromatic ring is 1. The molecule has 0 aliphatic carbocycles. The number of hydrogen-bond donors (Lipinski definition) is 2. The zero-order valence-corrected chi connectivity index (χ0v) is 10.9. The number of carbonyl (C=O) groups excluding carboxylic acids is 1. The molecule has 2 rings (SSSR count). The van der Waals surface area contributed by atoms with E-state index in [9.17, 15) is 9.59 Å². The van der Waals surface area contributed by atoms with Crippen molar-refractivity contribution >= 4 is 23.4 Å². The number of nitrogens with two attached hydrogens (primary N) is 1. The second kappa shape index (κ2) is 5.57. The number of esters is 1. The summed E-state index contributed by atoms with van der Waals surface area (Å²) in [6.07, 6.45) is 1.40. The third-order valence-electron chi connectivity index (χ3n) is 2.29. The second-order valence-corrected chi connectivity index (χ2v) is 4.62. The molecule has 0 bridgehead atoms. The molecule has 0 aliphatic rings. The number of hydrogen-bond acceptors (Lipinski definition) is 6. The Hall–Kier alpha value is -2.28. The Labute approximate surface area is 113 Å². The number of anilines is 1. The number of aromatic amines is 1. The fourth-order valence-electron chi connectivity index (χ4n) is 1.38. The van der Waals surface area contributed by atoms with Gasteiger partial charge in [0.2, 0.25) is 0 Å². The molecule has 0 saturated heterocycles. The molecule has 98 valence electrons. The Morgan fingerprint density at radius 1 is 1.42 bits per heavy atom. The van der Waals surface area contributed by atoms with Crippen LogP contribution in [0.15, 0.2) is 45.3 Å². The van der Waals surface area contributed by atoms with Gasteiger partial charge in [0.25, 0.3) is 5.56 Å². The van der Waals surface area contributed by atoms with Gasteiger partial charge in [-0.15, -0.1) is 0 Å². The van der Waals surface area contributed by atoms with Crippen molar-refractivity contribution in [1.29, 1.82) is 0 Å². The number of benzene rings is 1. The standard InChI is InChI=1S/C12H11N3O3S/c1-18-11(17)7-2-3-8(13)9(6-7)19-12-14-5-4-10(16)15-12/h2-6H,13H2,1H3,(H,14,15,16). The highest BCUT2D eigenvalue weighted by Gasteiger charge is 2.10. The Morgan fingerprint density at radius 3 is 2.89 bits per heavy atom. The molecule has 0 aliphatic heterocycles. The zero-order chi connectivity index (χ0) is 13.8. The van der Waals surface area contributed by atoms with E-state index >= 15 is 0 Å². The first-order chi connectivity index (χ1) is 9.10. The van der Waals surface area contributed by atoms with Gasteiger partial charge in [-0.3, -0.25) is 4.79 Å². The predicted molar refractivity (Wildman–Crippen MR) is 71.2 cm³/mol. The first-order valence-electron chi connectivity index (χ1n) is 5.31. The maximum Gasteiger partial charge on any atom is 0.337 e. The van der Waals surface area contributed by atoms with Crippen LogP contribution >= 0.6 is 11.8 Å². The molecule has 0 atom stereocenters. The third kappa shape index (κ3) is 3.14. The third-order valence-corrected chi connectivity index (χ3v) is 3.26. The van der Waals surface area contributed by atoms with Crippen LogP contribution in [-0.2, 0) is 4.74 Å². The molecule has 0 amide bonds. The minimum Gasteiger partial charge on any atom is -0.465 e. The molecule has 0 fully saturated rings. The quantitative estimate of drug-likeness (QED) is 0.498. The van der Waals surface area contributed by atoms with Crippen molar-refractivity contribution in [3.63, 3.8) is 0 Å². The van der Waals surface area contributed by atoms with Gasteiger partial charge in [0, 0.05) is 22.8 Å². The minimum absolute atomic E-state index is 0.250. The lowest BCUT2D eigenvalue weighted by molar-refractivity contribution is 0.0600. The van der Waals surface area contributed by atoms with Crippen LogP contribution in [0.25, 0.3) is 0 Å². The fourth-order valence-corrected chi connectivity index (χ4v) is 2.22. The number of aromatic nitrogens is 2. The average molecular weight is 277 g/mol. The van der Waals surface area contributed by atoms with Crippen LogP contribution < -0.4 is 11.3 Å². The van der Waals surface area contributed by atoms with Gasteiger partial charge < -0.3 is 15.5 Å². The van der Waals surface area contributed by atoms with E-state index in [-0.39, 0.29) is 5.56 Å². The molecule has 6 nitrogen and oxygen atoms in total. The van der Waals surface area contributed by atoms with E-state index in [0.29, 0.717) is 21.3 Å². The molecule has 1 heterocycles. The van der Waals surface area contributed by atoms with Gasteiger partial charge in [-0.1, -0.05) is 0 Å². The van der Waals surface area contributed by atoms with Crippen LogP contribution in [0.4, 0.5) is 5.69 Å². The molecular formula is C12H11N3O3S. The minimum atomic E-state index is -0.448. The maximum atomic E-state index is 11.4. The van der Waals surface area contributed by atoms with E-state index in [2.05, 4.69) is 14.7 Å². The van der Waals surface area contributed by atoms with Gasteiger partial charge >= 0.3 is 5.97 Å². The number of ether oxygens (including phenoxy) is 1. The van der Waals surface area contributed by atoms with Crippen LogP contribution in [-0.4, -0.2) is 23.0 Å². The highest BCUT2D eigenvalue weighted by molar-refractivity contribution is 7.99. The molecule has 1 aromatic heterocycles. The van der Waals surface area contributed by atoms with Crippen molar-refractivity contribution in [2.24, 2.45) is 0 Å². The van der Waals surface area contributed by atoms with E-state index < -0.39 is 5.97 Å². The molecule has 0 unspecified atom stereocenters. The smallest absolute Gasteiger partial charge is 0.337 e. The number of nitrogens with one attached hydrogen (secondary N) is 1. The van der Waals surface area contributed by atoms with Gasteiger partial charge in [0.15, 0.2) is 5.16 Å². The first-order valence-corrected chi connectivity index (χ1v) is 6.13. The number of methoxy groups -OCH3 is 1. The SMILES string of the molecule is COC(=O)c1ccc(N)c(Sc2nccc(=O)[nH]2)c1. The first kappa shape index (κ1) is 13.2. The molecule has 1 aromatic carbocycles. The van der Waals surface area contributed by atoms with E-state index in [1.165, 1.54) is 31.1 Å². The summed E-state index contributed by atoms with van der Waals surface area (Å²) in [4.78, 5) is 29.8. The van der Waals surface area contributed by atoms with Crippen molar-refractivity contribution in [2.75, 3.05) is 12.8 Å². The van der Waals surface area contributed by atoms with Gasteiger partial charge in [0.05, 0.1) is 12.7 Å². The average Bonchev–Trinajstić information content (AvgIpc) is 2.40. The lowest BCUT2D eigenvalue weighted by atomic mass is 10.2. The zero-order valence-electron chi connectivity index (χ0n) is 10.0. The van der Waals surface area contributed by atoms with Crippen molar-refractivity contribution in [3.05, 3.63) is 46.4 Å². The highest BCUT2D eigenvalue weighted by atomic mass is 32.2. The summed E-state index contributed by atoms with van der Waals surface area (Å²) in [6.45, 7) is 0. The highest BCUT2D eigenvalue weighted by Crippen LogP contribution is 2.30. The number of H-pyrrole nitrogens is 1. The summed E-state index contributed by atoms with van der Waals surface area (Å²) in [6, 6.07) is 6.10. The predicted octanol–water partition coefficient (Wildman–Crippen LogP) is 1.29. The second-order valence-electron chi connectivity index (χ2n) is 3.59. The van der Waals surface area contributed by atoms with E-state index in [1.807, 2.05) is 0 Å². The summed E-state index contributed by atoms with van der Waals surface area (Å²) >= 11 is 1.17. The molecule has 3 N–H and O–H groups in total. The van der Waals surface area contributed by atoms with Crippen molar-refractivity contribution in [1.82, 2.24) is 9.97 Å². The molecule has 7 heteroatoms. The molecule has 0 saturated carbocycles. The molecule has 2 aromatic rings. The number of rotatable bonds is 3. The summed E-state index contributed by atoms with van der Waals surface area (Å²) in [5.74, 6) is -0.448. The Balaban J connectivity index is 2.34. The summed E-state index contributed by atoms with van der Waals surface area (Å²) in [7, 11) is 1.31. The van der Waals surface area contributed by atoms with Gasteiger partial charge in [-0.05, 0) is 30.0 Å². The Bertz CT molecular complexity index is 669. The van der Waals surface area contributed by atoms with Crippen LogP contribution in [0.3, 0.4) is 0 Å². The molecular weight excluding hydrogens is 266 g/mol. The van der Waals surface area contributed by atoms with Crippen LogP contribution in [0.2, 0.25) is 0 Å².